The van der Waals surface area contributed by atoms with Crippen LogP contribution in [0.1, 0.15) is 6.42 Å². The maximum Gasteiger partial charge on any atom is 0.326 e. The van der Waals surface area contributed by atoms with Gasteiger partial charge in [-0.2, -0.15) is 0 Å². The van der Waals surface area contributed by atoms with Gasteiger partial charge in [0.15, 0.2) is 0 Å². The smallest absolute Gasteiger partial charge is 0.326 e. The molecular formula is C12H12Cl2N2O4. The fraction of sp³-hybridized carbons (Fsp3) is 0.333. The standard InChI is InChI=1S/C12H12Cl2N2O4/c13-6-1-7(14)3-8(2-6)15-12(20)16-5-9(17)4-10(16)11(18)19/h1-3,9-10,17H,4-5H2,(H,15,20)(H,18,19)/t9-,10-/m0/s1. The van der Waals surface area contributed by atoms with Gasteiger partial charge >= 0.3 is 12.0 Å². The topological polar surface area (TPSA) is 89.9 Å². The molecular weight excluding hydrogens is 307 g/mol. The number of nitrogens with zero attached hydrogens (tertiary/aromatic N) is 1. The highest BCUT2D eigenvalue weighted by atomic mass is 35.5. The maximum atomic E-state index is 12.1. The largest absolute Gasteiger partial charge is 0.480 e. The van der Waals surface area contributed by atoms with Crippen molar-refractivity contribution in [1.82, 2.24) is 4.90 Å². The first-order valence-corrected chi connectivity index (χ1v) is 6.57. The second kappa shape index (κ2) is 5.87. The van der Waals surface area contributed by atoms with E-state index in [1.807, 2.05) is 0 Å². The minimum absolute atomic E-state index is 0.0130. The fourth-order valence-corrected chi connectivity index (χ4v) is 2.62. The van der Waals surface area contributed by atoms with E-state index in [4.69, 9.17) is 28.3 Å². The Morgan fingerprint density at radius 2 is 1.85 bits per heavy atom. The number of carboxylic acid groups (broad SMARTS) is 1. The third-order valence-electron chi connectivity index (χ3n) is 2.94. The van der Waals surface area contributed by atoms with Gasteiger partial charge < -0.3 is 20.4 Å². The number of urea groups is 1. The number of hydrogen-bond donors (Lipinski definition) is 3. The molecule has 0 saturated carbocycles. The van der Waals surface area contributed by atoms with Crippen LogP contribution < -0.4 is 5.32 Å². The summed E-state index contributed by atoms with van der Waals surface area (Å²) in [6, 6.07) is 2.84. The van der Waals surface area contributed by atoms with Crippen molar-refractivity contribution in [2.24, 2.45) is 0 Å². The number of carboxylic acids is 1. The Hall–Kier alpha value is -1.50. The summed E-state index contributed by atoms with van der Waals surface area (Å²) < 4.78 is 0. The fourth-order valence-electron chi connectivity index (χ4n) is 2.09. The highest BCUT2D eigenvalue weighted by Crippen LogP contribution is 2.24. The number of rotatable bonds is 2. The number of halogens is 2. The van der Waals surface area contributed by atoms with Gasteiger partial charge in [-0.3, -0.25) is 0 Å². The highest BCUT2D eigenvalue weighted by molar-refractivity contribution is 6.35. The molecule has 8 heteroatoms. The number of nitrogens with one attached hydrogen (secondary N) is 1. The number of likely N-dealkylation sites (tertiary alicyclic amines) is 1. The van der Waals surface area contributed by atoms with Crippen molar-refractivity contribution >= 4 is 40.9 Å². The second-order valence-corrected chi connectivity index (χ2v) is 5.36. The molecule has 2 atom stereocenters. The van der Waals surface area contributed by atoms with Crippen molar-refractivity contribution < 1.29 is 19.8 Å². The number of hydrogen-bond acceptors (Lipinski definition) is 3. The maximum absolute atomic E-state index is 12.1. The van der Waals surface area contributed by atoms with Crippen molar-refractivity contribution in [3.63, 3.8) is 0 Å². The molecule has 0 aromatic heterocycles. The van der Waals surface area contributed by atoms with Gasteiger partial charge in [0.05, 0.1) is 6.10 Å². The molecule has 1 aliphatic rings. The van der Waals surface area contributed by atoms with E-state index >= 15 is 0 Å². The molecule has 2 amide bonds. The number of β-amino-alcohol motifs (C(OH)–C–C–N with tert-alkyl or cyclic N) is 1. The SMILES string of the molecule is O=C(O)[C@@H]1C[C@H](O)CN1C(=O)Nc1cc(Cl)cc(Cl)c1. The summed E-state index contributed by atoms with van der Waals surface area (Å²) in [5, 5.41) is 21.7. The van der Waals surface area contributed by atoms with Crippen molar-refractivity contribution in [2.45, 2.75) is 18.6 Å². The minimum Gasteiger partial charge on any atom is -0.480 e. The first-order chi connectivity index (χ1) is 9.36. The van der Waals surface area contributed by atoms with E-state index in [9.17, 15) is 14.7 Å². The summed E-state index contributed by atoms with van der Waals surface area (Å²) >= 11 is 11.6. The van der Waals surface area contributed by atoms with E-state index in [0.29, 0.717) is 15.7 Å². The molecule has 108 valence electrons. The third-order valence-corrected chi connectivity index (χ3v) is 3.38. The normalized spacial score (nSPS) is 21.9. The van der Waals surface area contributed by atoms with Crippen LogP contribution in [0, 0.1) is 0 Å². The molecule has 20 heavy (non-hydrogen) atoms. The number of aliphatic hydroxyl groups excluding tert-OH is 1. The van der Waals surface area contributed by atoms with Crippen LogP contribution in [0.5, 0.6) is 0 Å². The molecule has 1 aromatic carbocycles. The number of carbonyl (C=O) groups excluding carboxylic acids is 1. The number of anilines is 1. The summed E-state index contributed by atoms with van der Waals surface area (Å²) in [5.74, 6) is -1.15. The van der Waals surface area contributed by atoms with Crippen LogP contribution in [-0.2, 0) is 4.79 Å². The van der Waals surface area contributed by atoms with Gasteiger partial charge in [0.25, 0.3) is 0 Å². The Balaban J connectivity index is 2.13. The molecule has 0 radical (unpaired) electrons. The number of amides is 2. The second-order valence-electron chi connectivity index (χ2n) is 4.48. The Labute approximate surface area is 124 Å². The molecule has 0 bridgehead atoms. The number of benzene rings is 1. The van der Waals surface area contributed by atoms with Crippen LogP contribution >= 0.6 is 23.2 Å². The molecule has 3 N–H and O–H groups in total. The molecule has 1 heterocycles. The van der Waals surface area contributed by atoms with Gasteiger partial charge in [0.1, 0.15) is 6.04 Å². The van der Waals surface area contributed by atoms with Crippen LogP contribution in [-0.4, -0.2) is 45.8 Å². The van der Waals surface area contributed by atoms with E-state index in [2.05, 4.69) is 5.32 Å². The zero-order chi connectivity index (χ0) is 14.9. The zero-order valence-electron chi connectivity index (χ0n) is 10.2. The first-order valence-electron chi connectivity index (χ1n) is 5.81. The number of aliphatic hydroxyl groups is 1. The van der Waals surface area contributed by atoms with E-state index in [-0.39, 0.29) is 13.0 Å². The summed E-state index contributed by atoms with van der Waals surface area (Å²) in [5.41, 5.74) is 0.359. The average molecular weight is 319 g/mol. The van der Waals surface area contributed by atoms with Crippen LogP contribution in [0.25, 0.3) is 0 Å². The molecule has 1 aliphatic heterocycles. The van der Waals surface area contributed by atoms with Crippen molar-refractivity contribution in [2.75, 3.05) is 11.9 Å². The molecule has 1 saturated heterocycles. The number of aliphatic carboxylic acids is 1. The Morgan fingerprint density at radius 1 is 1.25 bits per heavy atom. The molecule has 0 unspecified atom stereocenters. The van der Waals surface area contributed by atoms with Crippen molar-refractivity contribution in [3.05, 3.63) is 28.2 Å². The van der Waals surface area contributed by atoms with Crippen molar-refractivity contribution in [3.8, 4) is 0 Å². The van der Waals surface area contributed by atoms with E-state index in [0.717, 1.165) is 4.90 Å². The molecule has 0 spiro atoms. The predicted octanol–water partition coefficient (Wildman–Crippen LogP) is 2.05. The summed E-state index contributed by atoms with van der Waals surface area (Å²) in [6.45, 7) is -0.0307. The van der Waals surface area contributed by atoms with Gasteiger partial charge in [0.2, 0.25) is 0 Å². The zero-order valence-corrected chi connectivity index (χ0v) is 11.7. The Kier molecular flexibility index (Phi) is 4.37. The van der Waals surface area contributed by atoms with Crippen LogP contribution in [0.4, 0.5) is 10.5 Å². The van der Waals surface area contributed by atoms with Crippen LogP contribution in [0.2, 0.25) is 10.0 Å². The summed E-state index contributed by atoms with van der Waals surface area (Å²) in [4.78, 5) is 24.2. The van der Waals surface area contributed by atoms with E-state index in [1.54, 1.807) is 0 Å². The lowest BCUT2D eigenvalue weighted by Gasteiger charge is -2.21. The first kappa shape index (κ1) is 14.9. The molecule has 1 aromatic rings. The molecule has 1 fully saturated rings. The molecule has 6 nitrogen and oxygen atoms in total. The lowest BCUT2D eigenvalue weighted by atomic mass is 10.2. The summed E-state index contributed by atoms with van der Waals surface area (Å²) in [6.07, 6.45) is -0.830. The monoisotopic (exact) mass is 318 g/mol. The van der Waals surface area contributed by atoms with Gasteiger partial charge in [-0.25, -0.2) is 9.59 Å². The lowest BCUT2D eigenvalue weighted by Crippen LogP contribution is -2.43. The van der Waals surface area contributed by atoms with E-state index < -0.39 is 24.1 Å². The Morgan fingerprint density at radius 3 is 2.40 bits per heavy atom. The molecule has 0 aliphatic carbocycles. The van der Waals surface area contributed by atoms with Gasteiger partial charge in [-0.1, -0.05) is 23.2 Å². The van der Waals surface area contributed by atoms with Crippen molar-refractivity contribution in [1.29, 1.82) is 0 Å². The van der Waals surface area contributed by atoms with Crippen LogP contribution in [0.3, 0.4) is 0 Å². The predicted molar refractivity (Wildman–Crippen MR) is 74.2 cm³/mol. The van der Waals surface area contributed by atoms with E-state index in [1.165, 1.54) is 18.2 Å². The number of carbonyl (C=O) groups is 2. The van der Waals surface area contributed by atoms with Gasteiger partial charge in [-0.05, 0) is 18.2 Å². The molecule has 2 rings (SSSR count). The summed E-state index contributed by atoms with van der Waals surface area (Å²) in [7, 11) is 0. The van der Waals surface area contributed by atoms with Crippen LogP contribution in [0.15, 0.2) is 18.2 Å². The lowest BCUT2D eigenvalue weighted by molar-refractivity contribution is -0.141. The van der Waals surface area contributed by atoms with Gasteiger partial charge in [-0.15, -0.1) is 0 Å². The Bertz CT molecular complexity index is 532. The highest BCUT2D eigenvalue weighted by Gasteiger charge is 2.39. The quantitative estimate of drug-likeness (QED) is 0.778. The van der Waals surface area contributed by atoms with Gasteiger partial charge in [0, 0.05) is 28.7 Å². The third kappa shape index (κ3) is 3.33. The average Bonchev–Trinajstić information content (AvgIpc) is 2.70. The minimum atomic E-state index is -1.15.